The molecule has 1 aliphatic rings. The van der Waals surface area contributed by atoms with Crippen LogP contribution in [0.5, 0.6) is 0 Å². The normalized spacial score (nSPS) is 24.8. The van der Waals surface area contributed by atoms with Crippen molar-refractivity contribution in [3.63, 3.8) is 0 Å². The number of likely N-dealkylation sites (tertiary alicyclic amines) is 1. The Labute approximate surface area is 122 Å². The van der Waals surface area contributed by atoms with Crippen LogP contribution in [0.25, 0.3) is 11.0 Å². The molecule has 1 N–H and O–H groups in total. The van der Waals surface area contributed by atoms with Crippen molar-refractivity contribution in [3.8, 4) is 0 Å². The minimum absolute atomic E-state index is 0.455. The first-order valence-corrected chi connectivity index (χ1v) is 7.63. The van der Waals surface area contributed by atoms with Crippen molar-refractivity contribution in [2.45, 2.75) is 31.8 Å². The maximum Gasteiger partial charge on any atom is 0.129 e. The largest absolute Gasteiger partial charge is 0.379 e. The van der Waals surface area contributed by atoms with Crippen LogP contribution in [0.2, 0.25) is 5.02 Å². The molecule has 2 unspecified atom stereocenters. The summed E-state index contributed by atoms with van der Waals surface area (Å²) in [5.74, 6) is 0. The van der Waals surface area contributed by atoms with Gasteiger partial charge in [0.1, 0.15) is 11.0 Å². The summed E-state index contributed by atoms with van der Waals surface area (Å²) in [6.07, 6.45) is 2.26. The highest BCUT2D eigenvalue weighted by molar-refractivity contribution is 7.00. The third-order valence-electron chi connectivity index (χ3n) is 3.93. The van der Waals surface area contributed by atoms with E-state index in [4.69, 9.17) is 11.6 Å². The van der Waals surface area contributed by atoms with Crippen LogP contribution < -0.4 is 5.32 Å². The number of piperidine rings is 1. The van der Waals surface area contributed by atoms with Crippen LogP contribution in [0.3, 0.4) is 0 Å². The van der Waals surface area contributed by atoms with E-state index >= 15 is 0 Å². The Morgan fingerprint density at radius 1 is 1.42 bits per heavy atom. The highest BCUT2D eigenvalue weighted by Crippen LogP contribution is 2.32. The van der Waals surface area contributed by atoms with E-state index in [0.29, 0.717) is 12.1 Å². The zero-order valence-electron chi connectivity index (χ0n) is 11.1. The second kappa shape index (κ2) is 5.23. The van der Waals surface area contributed by atoms with Crippen molar-refractivity contribution in [2.24, 2.45) is 0 Å². The van der Waals surface area contributed by atoms with Gasteiger partial charge in [0.25, 0.3) is 0 Å². The molecule has 1 fully saturated rings. The fourth-order valence-electron chi connectivity index (χ4n) is 2.59. The maximum absolute atomic E-state index is 6.31. The molecule has 0 spiro atoms. The molecule has 1 aliphatic heterocycles. The molecule has 1 aromatic heterocycles. The van der Waals surface area contributed by atoms with Crippen LogP contribution in [0.15, 0.2) is 12.1 Å². The van der Waals surface area contributed by atoms with Gasteiger partial charge in [-0.05, 0) is 38.9 Å². The predicted octanol–water partition coefficient (Wildman–Crippen LogP) is 3.24. The van der Waals surface area contributed by atoms with Crippen molar-refractivity contribution < 1.29 is 0 Å². The van der Waals surface area contributed by atoms with E-state index < -0.39 is 0 Å². The highest BCUT2D eigenvalue weighted by atomic mass is 35.5. The van der Waals surface area contributed by atoms with Crippen molar-refractivity contribution in [2.75, 3.05) is 18.9 Å². The van der Waals surface area contributed by atoms with Crippen LogP contribution >= 0.6 is 23.3 Å². The Morgan fingerprint density at radius 3 is 3.05 bits per heavy atom. The van der Waals surface area contributed by atoms with Crippen LogP contribution in [0, 0.1) is 0 Å². The van der Waals surface area contributed by atoms with Gasteiger partial charge in [0.15, 0.2) is 0 Å². The molecular formula is C13H17ClN4S. The van der Waals surface area contributed by atoms with E-state index in [1.165, 1.54) is 11.7 Å². The average Bonchev–Trinajstić information content (AvgIpc) is 2.86. The molecule has 6 heteroatoms. The Hall–Kier alpha value is -0.910. The summed E-state index contributed by atoms with van der Waals surface area (Å²) < 4.78 is 8.62. The van der Waals surface area contributed by atoms with E-state index in [0.717, 1.165) is 41.1 Å². The summed E-state index contributed by atoms with van der Waals surface area (Å²) in [5.41, 5.74) is 2.75. The molecular weight excluding hydrogens is 280 g/mol. The quantitative estimate of drug-likeness (QED) is 0.924. The first-order chi connectivity index (χ1) is 9.15. The lowest BCUT2D eigenvalue weighted by Gasteiger charge is -2.35. The van der Waals surface area contributed by atoms with E-state index in [1.54, 1.807) is 0 Å². The molecule has 102 valence electrons. The average molecular weight is 297 g/mol. The van der Waals surface area contributed by atoms with E-state index in [9.17, 15) is 0 Å². The number of benzene rings is 1. The molecule has 1 saturated heterocycles. The highest BCUT2D eigenvalue weighted by Gasteiger charge is 2.24. The Kier molecular flexibility index (Phi) is 3.60. The monoisotopic (exact) mass is 296 g/mol. The number of rotatable bonds is 2. The van der Waals surface area contributed by atoms with Crippen LogP contribution in [-0.4, -0.2) is 39.3 Å². The van der Waals surface area contributed by atoms with Gasteiger partial charge >= 0.3 is 0 Å². The fourth-order valence-corrected chi connectivity index (χ4v) is 3.34. The van der Waals surface area contributed by atoms with Gasteiger partial charge < -0.3 is 10.2 Å². The molecule has 19 heavy (non-hydrogen) atoms. The summed E-state index contributed by atoms with van der Waals surface area (Å²) in [6.45, 7) is 3.38. The lowest BCUT2D eigenvalue weighted by Crippen LogP contribution is -2.42. The summed E-state index contributed by atoms with van der Waals surface area (Å²) >= 11 is 7.54. The van der Waals surface area contributed by atoms with Crippen LogP contribution in [0.4, 0.5) is 5.69 Å². The molecule has 4 nitrogen and oxygen atoms in total. The molecule has 0 amide bonds. The molecule has 0 saturated carbocycles. The number of anilines is 1. The van der Waals surface area contributed by atoms with Gasteiger partial charge in [0.05, 0.1) is 22.4 Å². The van der Waals surface area contributed by atoms with Crippen molar-refractivity contribution in [3.05, 3.63) is 17.2 Å². The Morgan fingerprint density at radius 2 is 2.26 bits per heavy atom. The summed E-state index contributed by atoms with van der Waals surface area (Å²) in [6, 6.07) is 4.86. The predicted molar refractivity (Wildman–Crippen MR) is 81.2 cm³/mol. The molecule has 2 atom stereocenters. The topological polar surface area (TPSA) is 41.1 Å². The summed E-state index contributed by atoms with van der Waals surface area (Å²) in [4.78, 5) is 2.39. The molecule has 2 heterocycles. The third-order valence-corrected chi connectivity index (χ3v) is 4.79. The number of hydrogen-bond acceptors (Lipinski definition) is 5. The van der Waals surface area contributed by atoms with E-state index in [2.05, 4.69) is 32.9 Å². The van der Waals surface area contributed by atoms with Crippen molar-refractivity contribution in [1.82, 2.24) is 13.6 Å². The number of fused-ring (bicyclic) bond motifs is 1. The lowest BCUT2D eigenvalue weighted by atomic mass is 9.98. The fraction of sp³-hybridized carbons (Fsp3) is 0.538. The van der Waals surface area contributed by atoms with Gasteiger partial charge in [-0.2, -0.15) is 8.75 Å². The number of nitrogens with zero attached hydrogens (tertiary/aromatic N) is 3. The number of nitrogens with one attached hydrogen (secondary N) is 1. The van der Waals surface area contributed by atoms with Gasteiger partial charge in [-0.25, -0.2) is 0 Å². The number of halogens is 1. The number of hydrogen-bond donors (Lipinski definition) is 1. The standard InChI is InChI=1S/C13H17ClN4S/c1-8-7-9(5-6-18(8)2)15-12-10(14)3-4-11-13(12)17-19-16-11/h3-4,8-9,15H,5-7H2,1-2H3. The van der Waals surface area contributed by atoms with Gasteiger partial charge in [0.2, 0.25) is 0 Å². The summed E-state index contributed by atoms with van der Waals surface area (Å²) in [7, 11) is 2.18. The van der Waals surface area contributed by atoms with Crippen LogP contribution in [0.1, 0.15) is 19.8 Å². The van der Waals surface area contributed by atoms with Crippen LogP contribution in [-0.2, 0) is 0 Å². The van der Waals surface area contributed by atoms with Gasteiger partial charge in [-0.1, -0.05) is 11.6 Å². The van der Waals surface area contributed by atoms with Crippen molar-refractivity contribution >= 4 is 40.0 Å². The molecule has 2 aromatic rings. The lowest BCUT2D eigenvalue weighted by molar-refractivity contribution is 0.190. The second-order valence-corrected chi connectivity index (χ2v) is 6.19. The zero-order chi connectivity index (χ0) is 13.4. The summed E-state index contributed by atoms with van der Waals surface area (Å²) in [5, 5.41) is 4.30. The molecule has 0 bridgehead atoms. The molecule has 3 rings (SSSR count). The zero-order valence-corrected chi connectivity index (χ0v) is 12.6. The minimum atomic E-state index is 0.455. The molecule has 0 radical (unpaired) electrons. The first-order valence-electron chi connectivity index (χ1n) is 6.52. The molecule has 1 aromatic carbocycles. The van der Waals surface area contributed by atoms with Crippen molar-refractivity contribution in [1.29, 1.82) is 0 Å². The van der Waals surface area contributed by atoms with E-state index in [-0.39, 0.29) is 0 Å². The second-order valence-electron chi connectivity index (χ2n) is 5.25. The van der Waals surface area contributed by atoms with E-state index in [1.807, 2.05) is 12.1 Å². The van der Waals surface area contributed by atoms with Gasteiger partial charge in [0, 0.05) is 18.6 Å². The van der Waals surface area contributed by atoms with Gasteiger partial charge in [-0.15, -0.1) is 0 Å². The maximum atomic E-state index is 6.31. The molecule has 0 aliphatic carbocycles. The minimum Gasteiger partial charge on any atom is -0.379 e. The SMILES string of the molecule is CC1CC(Nc2c(Cl)ccc3nsnc23)CCN1C. The first kappa shape index (κ1) is 13.1. The Balaban J connectivity index is 1.85. The smallest absolute Gasteiger partial charge is 0.129 e. The van der Waals surface area contributed by atoms with Gasteiger partial charge in [-0.3, -0.25) is 0 Å². The third kappa shape index (κ3) is 2.55. The number of aromatic nitrogens is 2. The Bertz CT molecular complexity index is 585.